The number of hydrogen-bond donors (Lipinski definition) is 2. The van der Waals surface area contributed by atoms with E-state index in [9.17, 15) is 4.79 Å². The molecular formula is C20H17N3O2S. The molecule has 0 unspecified atom stereocenters. The lowest BCUT2D eigenvalue weighted by molar-refractivity contribution is -0.113. The van der Waals surface area contributed by atoms with Gasteiger partial charge in [-0.25, -0.2) is 0 Å². The predicted octanol–water partition coefficient (Wildman–Crippen LogP) is 4.86. The molecule has 0 aliphatic heterocycles. The molecule has 0 atom stereocenters. The molecule has 2 N–H and O–H groups in total. The van der Waals surface area contributed by atoms with Gasteiger partial charge in [0.05, 0.1) is 11.4 Å². The quantitative estimate of drug-likeness (QED) is 0.497. The van der Waals surface area contributed by atoms with E-state index >= 15 is 0 Å². The van der Waals surface area contributed by atoms with Gasteiger partial charge in [-0.2, -0.15) is 0 Å². The van der Waals surface area contributed by atoms with Crippen LogP contribution in [0.4, 0.5) is 5.82 Å². The van der Waals surface area contributed by atoms with Crippen molar-refractivity contribution in [2.75, 3.05) is 11.1 Å². The normalized spacial score (nSPS) is 11.0. The number of benzene rings is 2. The number of carbonyl (C=O) groups is 1. The van der Waals surface area contributed by atoms with Gasteiger partial charge in [-0.1, -0.05) is 53.7 Å². The summed E-state index contributed by atoms with van der Waals surface area (Å²) in [6, 6.07) is 20.0. The van der Waals surface area contributed by atoms with Gasteiger partial charge in [0.2, 0.25) is 5.91 Å². The molecule has 0 fully saturated rings. The van der Waals surface area contributed by atoms with Crippen molar-refractivity contribution in [2.24, 2.45) is 0 Å². The minimum Gasteiger partial charge on any atom is -0.360 e. The van der Waals surface area contributed by atoms with Crippen LogP contribution < -0.4 is 5.32 Å². The molecule has 4 aromatic rings. The maximum absolute atomic E-state index is 12.3. The third-order valence-corrected chi connectivity index (χ3v) is 5.08. The predicted molar refractivity (Wildman–Crippen MR) is 104 cm³/mol. The van der Waals surface area contributed by atoms with Crippen LogP contribution in [0, 0.1) is 6.92 Å². The van der Waals surface area contributed by atoms with Gasteiger partial charge >= 0.3 is 0 Å². The van der Waals surface area contributed by atoms with Crippen LogP contribution in [0.2, 0.25) is 0 Å². The minimum atomic E-state index is -0.118. The van der Waals surface area contributed by atoms with Gasteiger partial charge in [0.15, 0.2) is 5.82 Å². The van der Waals surface area contributed by atoms with Crippen molar-refractivity contribution in [1.29, 1.82) is 0 Å². The highest BCUT2D eigenvalue weighted by Crippen LogP contribution is 2.37. The second-order valence-corrected chi connectivity index (χ2v) is 6.89. The van der Waals surface area contributed by atoms with Crippen molar-refractivity contribution in [1.82, 2.24) is 10.1 Å². The van der Waals surface area contributed by atoms with E-state index in [0.717, 1.165) is 27.1 Å². The van der Waals surface area contributed by atoms with Gasteiger partial charge in [-0.05, 0) is 18.6 Å². The lowest BCUT2D eigenvalue weighted by Crippen LogP contribution is -2.14. The Hall–Kier alpha value is -2.99. The fourth-order valence-corrected chi connectivity index (χ4v) is 3.81. The Labute approximate surface area is 154 Å². The van der Waals surface area contributed by atoms with Crippen LogP contribution in [0.5, 0.6) is 0 Å². The number of anilines is 1. The summed E-state index contributed by atoms with van der Waals surface area (Å²) >= 11 is 1.51. The number of thioether (sulfide) groups is 1. The molecule has 5 nitrogen and oxygen atoms in total. The van der Waals surface area contributed by atoms with Crippen molar-refractivity contribution < 1.29 is 9.32 Å². The number of aromatic amines is 1. The molecule has 26 heavy (non-hydrogen) atoms. The Balaban J connectivity index is 1.60. The fourth-order valence-electron chi connectivity index (χ4n) is 2.82. The molecule has 2 heterocycles. The van der Waals surface area contributed by atoms with Gasteiger partial charge in [-0.15, -0.1) is 11.8 Å². The van der Waals surface area contributed by atoms with Gasteiger partial charge in [-0.3, -0.25) is 4.79 Å². The lowest BCUT2D eigenvalue weighted by atomic mass is 10.1. The molecule has 1 amide bonds. The number of amides is 1. The largest absolute Gasteiger partial charge is 0.360 e. The van der Waals surface area contributed by atoms with Crippen LogP contribution in [0.1, 0.15) is 5.76 Å². The summed E-state index contributed by atoms with van der Waals surface area (Å²) in [7, 11) is 0. The number of para-hydroxylation sites is 1. The number of nitrogens with one attached hydrogen (secondary N) is 2. The molecule has 0 radical (unpaired) electrons. The van der Waals surface area contributed by atoms with Crippen LogP contribution in [0.3, 0.4) is 0 Å². The van der Waals surface area contributed by atoms with E-state index in [4.69, 9.17) is 4.52 Å². The van der Waals surface area contributed by atoms with E-state index in [1.807, 2.05) is 36.4 Å². The Morgan fingerprint density at radius 2 is 1.92 bits per heavy atom. The first-order valence-electron chi connectivity index (χ1n) is 8.23. The lowest BCUT2D eigenvalue weighted by Gasteiger charge is -2.05. The zero-order chi connectivity index (χ0) is 17.9. The summed E-state index contributed by atoms with van der Waals surface area (Å²) in [4.78, 5) is 16.8. The Morgan fingerprint density at radius 1 is 1.15 bits per heavy atom. The standard InChI is InChI=1S/C20H17N3O2S/c1-13-11-17(23-25-13)22-18(24)12-26-20-15-9-5-6-10-16(15)21-19(20)14-7-3-2-4-8-14/h2-11,21H,12H2,1H3,(H,22,23,24). The van der Waals surface area contributed by atoms with Crippen molar-refractivity contribution in [3.05, 3.63) is 66.4 Å². The average molecular weight is 363 g/mol. The summed E-state index contributed by atoms with van der Waals surface area (Å²) in [6.45, 7) is 1.79. The molecule has 0 saturated carbocycles. The number of fused-ring (bicyclic) bond motifs is 1. The number of rotatable bonds is 5. The molecule has 4 rings (SSSR count). The Kier molecular flexibility index (Phi) is 4.50. The van der Waals surface area contributed by atoms with E-state index in [0.29, 0.717) is 11.6 Å². The van der Waals surface area contributed by atoms with Gasteiger partial charge < -0.3 is 14.8 Å². The van der Waals surface area contributed by atoms with Crippen molar-refractivity contribution in [3.63, 3.8) is 0 Å². The average Bonchev–Trinajstić information content (AvgIpc) is 3.24. The second kappa shape index (κ2) is 7.09. The van der Waals surface area contributed by atoms with Crippen LogP contribution in [0.25, 0.3) is 22.2 Å². The molecular weight excluding hydrogens is 346 g/mol. The molecule has 2 aromatic carbocycles. The number of carbonyl (C=O) groups excluding carboxylic acids is 1. The Morgan fingerprint density at radius 3 is 2.69 bits per heavy atom. The zero-order valence-electron chi connectivity index (χ0n) is 14.2. The van der Waals surface area contributed by atoms with Gasteiger partial charge in [0, 0.05) is 21.9 Å². The third kappa shape index (κ3) is 3.36. The SMILES string of the molecule is Cc1cc(NC(=O)CSc2c(-c3ccccc3)[nH]c3ccccc23)no1. The summed E-state index contributed by atoms with van der Waals surface area (Å²) in [5.74, 6) is 1.27. The second-order valence-electron chi connectivity index (χ2n) is 5.90. The van der Waals surface area contributed by atoms with Gasteiger partial charge in [0.25, 0.3) is 0 Å². The zero-order valence-corrected chi connectivity index (χ0v) is 15.0. The molecule has 0 aliphatic rings. The highest BCUT2D eigenvalue weighted by molar-refractivity contribution is 8.00. The van der Waals surface area contributed by atoms with E-state index < -0.39 is 0 Å². The fraction of sp³-hybridized carbons (Fsp3) is 0.100. The maximum Gasteiger partial charge on any atom is 0.235 e. The van der Waals surface area contributed by atoms with Crippen LogP contribution in [0.15, 0.2) is 70.1 Å². The van der Waals surface area contributed by atoms with Crippen molar-refractivity contribution in [2.45, 2.75) is 11.8 Å². The maximum atomic E-state index is 12.3. The number of H-pyrrole nitrogens is 1. The first-order chi connectivity index (χ1) is 12.7. The van der Waals surface area contributed by atoms with Crippen LogP contribution >= 0.6 is 11.8 Å². The molecule has 130 valence electrons. The Bertz CT molecular complexity index is 1050. The van der Waals surface area contributed by atoms with Gasteiger partial charge in [0.1, 0.15) is 5.76 Å². The molecule has 0 spiro atoms. The number of hydrogen-bond acceptors (Lipinski definition) is 4. The summed E-state index contributed by atoms with van der Waals surface area (Å²) < 4.78 is 4.97. The van der Waals surface area contributed by atoms with Crippen molar-refractivity contribution >= 4 is 34.4 Å². The summed E-state index contributed by atoms with van der Waals surface area (Å²) in [5.41, 5.74) is 3.18. The van der Waals surface area contributed by atoms with E-state index in [1.165, 1.54) is 11.8 Å². The third-order valence-electron chi connectivity index (χ3n) is 3.96. The first kappa shape index (κ1) is 16.5. The molecule has 0 saturated heterocycles. The highest BCUT2D eigenvalue weighted by atomic mass is 32.2. The van der Waals surface area contributed by atoms with Crippen LogP contribution in [-0.4, -0.2) is 21.8 Å². The molecule has 6 heteroatoms. The van der Waals surface area contributed by atoms with E-state index in [1.54, 1.807) is 13.0 Å². The number of aryl methyl sites for hydroxylation is 1. The molecule has 2 aromatic heterocycles. The molecule has 0 aliphatic carbocycles. The van der Waals surface area contributed by atoms with Crippen molar-refractivity contribution in [3.8, 4) is 11.3 Å². The van der Waals surface area contributed by atoms with E-state index in [-0.39, 0.29) is 11.7 Å². The first-order valence-corrected chi connectivity index (χ1v) is 9.21. The topological polar surface area (TPSA) is 70.9 Å². The molecule has 0 bridgehead atoms. The number of nitrogens with zero attached hydrogens (tertiary/aromatic N) is 1. The summed E-state index contributed by atoms with van der Waals surface area (Å²) in [6.07, 6.45) is 0. The van der Waals surface area contributed by atoms with Crippen LogP contribution in [-0.2, 0) is 4.79 Å². The minimum absolute atomic E-state index is 0.118. The van der Waals surface area contributed by atoms with E-state index in [2.05, 4.69) is 33.7 Å². The smallest absolute Gasteiger partial charge is 0.235 e. The monoisotopic (exact) mass is 363 g/mol. The summed E-state index contributed by atoms with van der Waals surface area (Å²) in [5, 5.41) is 7.66. The highest BCUT2D eigenvalue weighted by Gasteiger charge is 2.15. The number of aromatic nitrogens is 2.